The van der Waals surface area contributed by atoms with E-state index in [-0.39, 0.29) is 5.69 Å². The average molecular weight is 347 g/mol. The molecule has 5 nitrogen and oxygen atoms in total. The fourth-order valence-corrected chi connectivity index (χ4v) is 2.49. The van der Waals surface area contributed by atoms with Crippen molar-refractivity contribution in [3.8, 4) is 17.1 Å². The van der Waals surface area contributed by atoms with Crippen LogP contribution in [-0.4, -0.2) is 27.6 Å². The van der Waals surface area contributed by atoms with Crippen LogP contribution in [0.15, 0.2) is 47.1 Å². The lowest BCUT2D eigenvalue weighted by molar-refractivity contribution is 0.0693. The molecule has 21 heavy (non-hydrogen) atoms. The minimum atomic E-state index is -1.05. The van der Waals surface area contributed by atoms with Crippen molar-refractivity contribution in [2.24, 2.45) is 0 Å². The molecule has 0 fully saturated rings. The Hall–Kier alpha value is -2.34. The fourth-order valence-electron chi connectivity index (χ4n) is 2.16. The number of hydrogen-bond donors (Lipinski definition) is 1. The maximum atomic E-state index is 11.4. The molecule has 6 heteroatoms. The summed E-state index contributed by atoms with van der Waals surface area (Å²) in [7, 11) is 1.60. The highest BCUT2D eigenvalue weighted by Crippen LogP contribution is 2.26. The molecule has 3 rings (SSSR count). The van der Waals surface area contributed by atoms with Crippen molar-refractivity contribution in [1.29, 1.82) is 0 Å². The summed E-state index contributed by atoms with van der Waals surface area (Å²) in [6.07, 6.45) is 1.79. The van der Waals surface area contributed by atoms with Gasteiger partial charge in [-0.25, -0.2) is 9.78 Å². The fraction of sp³-hybridized carbons (Fsp3) is 0.0667. The summed E-state index contributed by atoms with van der Waals surface area (Å²) in [6, 6.07) is 10.9. The van der Waals surface area contributed by atoms with Gasteiger partial charge in [-0.05, 0) is 36.4 Å². The van der Waals surface area contributed by atoms with Crippen LogP contribution in [0.5, 0.6) is 5.75 Å². The molecule has 2 aromatic heterocycles. The molecule has 106 valence electrons. The van der Waals surface area contributed by atoms with E-state index in [2.05, 4.69) is 20.9 Å². The van der Waals surface area contributed by atoms with Crippen LogP contribution >= 0.6 is 15.9 Å². The predicted molar refractivity (Wildman–Crippen MR) is 81.8 cm³/mol. The minimum Gasteiger partial charge on any atom is -0.497 e. The van der Waals surface area contributed by atoms with Crippen molar-refractivity contribution >= 4 is 27.4 Å². The zero-order valence-corrected chi connectivity index (χ0v) is 12.7. The Kier molecular flexibility index (Phi) is 3.39. The van der Waals surface area contributed by atoms with Gasteiger partial charge in [-0.15, -0.1) is 0 Å². The Labute approximate surface area is 128 Å². The Morgan fingerprint density at radius 1 is 1.29 bits per heavy atom. The van der Waals surface area contributed by atoms with Gasteiger partial charge in [0.05, 0.1) is 12.6 Å². The highest BCUT2D eigenvalue weighted by molar-refractivity contribution is 9.10. The number of carboxylic acid groups (broad SMARTS) is 1. The van der Waals surface area contributed by atoms with Crippen molar-refractivity contribution in [3.05, 3.63) is 52.8 Å². The Balaban J connectivity index is 2.24. The molecule has 0 aliphatic heterocycles. The number of carboxylic acids is 1. The van der Waals surface area contributed by atoms with E-state index < -0.39 is 5.97 Å². The molecule has 0 saturated heterocycles. The third-order valence-corrected chi connectivity index (χ3v) is 3.65. The molecular weight excluding hydrogens is 336 g/mol. The molecule has 1 N–H and O–H groups in total. The number of rotatable bonds is 3. The van der Waals surface area contributed by atoms with Gasteiger partial charge in [-0.1, -0.05) is 15.9 Å². The lowest BCUT2D eigenvalue weighted by Gasteiger charge is -2.03. The zero-order chi connectivity index (χ0) is 15.0. The highest BCUT2D eigenvalue weighted by Gasteiger charge is 2.17. The van der Waals surface area contributed by atoms with E-state index in [9.17, 15) is 9.90 Å². The van der Waals surface area contributed by atoms with E-state index in [1.165, 1.54) is 0 Å². The number of nitrogens with zero attached hydrogens (tertiary/aromatic N) is 2. The van der Waals surface area contributed by atoms with Crippen LogP contribution in [0, 0.1) is 0 Å². The summed E-state index contributed by atoms with van der Waals surface area (Å²) in [5.41, 5.74) is 1.39. The number of benzene rings is 1. The van der Waals surface area contributed by atoms with E-state index in [4.69, 9.17) is 4.74 Å². The first-order chi connectivity index (χ1) is 10.1. The van der Waals surface area contributed by atoms with Crippen LogP contribution < -0.4 is 4.74 Å². The van der Waals surface area contributed by atoms with Crippen LogP contribution in [0.4, 0.5) is 0 Å². The highest BCUT2D eigenvalue weighted by atomic mass is 79.9. The number of pyridine rings is 1. The van der Waals surface area contributed by atoms with Crippen molar-refractivity contribution < 1.29 is 14.6 Å². The number of aromatic carboxylic acids is 1. The summed E-state index contributed by atoms with van der Waals surface area (Å²) in [5.74, 6) is 0.267. The first-order valence-electron chi connectivity index (χ1n) is 6.15. The first kappa shape index (κ1) is 13.6. The second-order valence-corrected chi connectivity index (χ2v) is 5.33. The quantitative estimate of drug-likeness (QED) is 0.788. The SMILES string of the molecule is COc1ccc(-c2nc(C(=O)O)c3cc(Br)ccn23)cc1. The van der Waals surface area contributed by atoms with Crippen LogP contribution in [-0.2, 0) is 0 Å². The van der Waals surface area contributed by atoms with Crippen molar-refractivity contribution in [1.82, 2.24) is 9.38 Å². The Morgan fingerprint density at radius 3 is 2.62 bits per heavy atom. The summed E-state index contributed by atoms with van der Waals surface area (Å²) in [5, 5.41) is 9.31. The number of methoxy groups -OCH3 is 1. The average Bonchev–Trinajstić information content (AvgIpc) is 2.86. The van der Waals surface area contributed by atoms with Gasteiger partial charge in [0.25, 0.3) is 0 Å². The Bertz CT molecular complexity index is 825. The van der Waals surface area contributed by atoms with Gasteiger partial charge in [-0.3, -0.25) is 4.40 Å². The van der Waals surface area contributed by atoms with Gasteiger partial charge < -0.3 is 9.84 Å². The zero-order valence-electron chi connectivity index (χ0n) is 11.1. The van der Waals surface area contributed by atoms with E-state index >= 15 is 0 Å². The van der Waals surface area contributed by atoms with E-state index in [1.54, 1.807) is 23.8 Å². The standard InChI is InChI=1S/C15H11BrN2O3/c1-21-11-4-2-9(3-5-11)14-17-13(15(19)20)12-8-10(16)6-7-18(12)14/h2-8H,1H3,(H,19,20). The van der Waals surface area contributed by atoms with Crippen LogP contribution in [0.3, 0.4) is 0 Å². The van der Waals surface area contributed by atoms with Gasteiger partial charge >= 0.3 is 5.97 Å². The third-order valence-electron chi connectivity index (χ3n) is 3.16. The van der Waals surface area contributed by atoms with Crippen molar-refractivity contribution in [2.45, 2.75) is 0 Å². The van der Waals surface area contributed by atoms with E-state index in [1.807, 2.05) is 30.3 Å². The lowest BCUT2D eigenvalue weighted by Crippen LogP contribution is -1.97. The molecule has 0 unspecified atom stereocenters. The normalized spacial score (nSPS) is 10.8. The number of hydrogen-bond acceptors (Lipinski definition) is 3. The van der Waals surface area contributed by atoms with Gasteiger partial charge in [0.2, 0.25) is 0 Å². The molecule has 2 heterocycles. The third kappa shape index (κ3) is 2.38. The number of halogens is 1. The maximum Gasteiger partial charge on any atom is 0.356 e. The molecule has 0 aliphatic rings. The first-order valence-corrected chi connectivity index (χ1v) is 6.95. The lowest BCUT2D eigenvalue weighted by atomic mass is 10.2. The largest absolute Gasteiger partial charge is 0.497 e. The second kappa shape index (κ2) is 5.21. The number of aromatic nitrogens is 2. The predicted octanol–water partition coefficient (Wildman–Crippen LogP) is 3.47. The minimum absolute atomic E-state index is 0.0297. The molecule has 0 radical (unpaired) electrons. The van der Waals surface area contributed by atoms with Crippen molar-refractivity contribution in [2.75, 3.05) is 7.11 Å². The number of carbonyl (C=O) groups is 1. The molecule has 1 aromatic carbocycles. The molecule has 0 spiro atoms. The molecule has 0 aliphatic carbocycles. The monoisotopic (exact) mass is 346 g/mol. The number of fused-ring (bicyclic) bond motifs is 1. The van der Waals surface area contributed by atoms with Gasteiger partial charge in [0.1, 0.15) is 11.6 Å². The molecule has 0 saturated carbocycles. The van der Waals surface area contributed by atoms with Gasteiger partial charge in [0, 0.05) is 16.2 Å². The summed E-state index contributed by atoms with van der Waals surface area (Å²) < 4.78 is 7.69. The summed E-state index contributed by atoms with van der Waals surface area (Å²) in [6.45, 7) is 0. The molecular formula is C15H11BrN2O3. The van der Waals surface area contributed by atoms with E-state index in [0.29, 0.717) is 11.3 Å². The van der Waals surface area contributed by atoms with E-state index in [0.717, 1.165) is 15.8 Å². The van der Waals surface area contributed by atoms with Crippen LogP contribution in [0.1, 0.15) is 10.5 Å². The topological polar surface area (TPSA) is 63.8 Å². The molecule has 0 atom stereocenters. The number of ether oxygens (including phenoxy) is 1. The van der Waals surface area contributed by atoms with Gasteiger partial charge in [0.15, 0.2) is 5.69 Å². The second-order valence-electron chi connectivity index (χ2n) is 4.42. The number of imidazole rings is 1. The molecule has 3 aromatic rings. The smallest absolute Gasteiger partial charge is 0.356 e. The van der Waals surface area contributed by atoms with Crippen molar-refractivity contribution in [3.63, 3.8) is 0 Å². The molecule has 0 amide bonds. The van der Waals surface area contributed by atoms with Crippen LogP contribution in [0.25, 0.3) is 16.9 Å². The Morgan fingerprint density at radius 2 is 2.00 bits per heavy atom. The summed E-state index contributed by atoms with van der Waals surface area (Å²) >= 11 is 3.35. The van der Waals surface area contributed by atoms with Crippen LogP contribution in [0.2, 0.25) is 0 Å². The maximum absolute atomic E-state index is 11.4. The molecule has 0 bridgehead atoms. The summed E-state index contributed by atoms with van der Waals surface area (Å²) in [4.78, 5) is 15.6. The van der Waals surface area contributed by atoms with Gasteiger partial charge in [-0.2, -0.15) is 0 Å².